The molecular formula is C11H15NO5. The largest absolute Gasteiger partial charge is 0.349 e. The topological polar surface area (TPSA) is 78.7 Å². The molecule has 6 nitrogen and oxygen atoms in total. The Bertz CT molecular complexity index is 332. The zero-order valence-electron chi connectivity index (χ0n) is 9.46. The lowest BCUT2D eigenvalue weighted by Crippen LogP contribution is -2.50. The van der Waals surface area contributed by atoms with E-state index in [9.17, 15) is 14.9 Å². The Kier molecular flexibility index (Phi) is 2.27. The van der Waals surface area contributed by atoms with Crippen molar-refractivity contribution in [2.24, 2.45) is 23.2 Å². The second-order valence-electron chi connectivity index (χ2n) is 5.87. The van der Waals surface area contributed by atoms with Crippen molar-refractivity contribution in [3.8, 4) is 0 Å². The molecule has 6 heteroatoms. The fourth-order valence-electron chi connectivity index (χ4n) is 4.51. The van der Waals surface area contributed by atoms with E-state index in [0.717, 1.165) is 19.3 Å². The molecule has 4 aliphatic carbocycles. The lowest BCUT2D eigenvalue weighted by atomic mass is 9.49. The van der Waals surface area contributed by atoms with E-state index < -0.39 is 16.5 Å². The number of carbonyl (C=O) groups excluding carboxylic acids is 1. The van der Waals surface area contributed by atoms with E-state index in [-0.39, 0.29) is 0 Å². The van der Waals surface area contributed by atoms with Gasteiger partial charge in [-0.25, -0.2) is 4.79 Å². The van der Waals surface area contributed by atoms with Crippen LogP contribution in [0.1, 0.15) is 38.5 Å². The van der Waals surface area contributed by atoms with Gasteiger partial charge in [-0.1, -0.05) is 4.99 Å². The van der Waals surface area contributed by atoms with Gasteiger partial charge in [-0.3, -0.25) is 4.89 Å². The summed E-state index contributed by atoms with van der Waals surface area (Å²) in [5.41, 5.74) is -0.495. The smallest absolute Gasteiger partial charge is 0.260 e. The van der Waals surface area contributed by atoms with Gasteiger partial charge in [0.05, 0.1) is 5.41 Å². The standard InChI is InChI=1S/C11H15NO5/c13-10(16-17-12(14)15)11-4-7-1-8(5-11)3-9(2-7)6-11/h7-9H,1-6H2. The molecule has 0 amide bonds. The summed E-state index contributed by atoms with van der Waals surface area (Å²) in [4.78, 5) is 30.1. The summed E-state index contributed by atoms with van der Waals surface area (Å²) in [6.45, 7) is 0. The van der Waals surface area contributed by atoms with Crippen LogP contribution in [0, 0.1) is 33.3 Å². The zero-order chi connectivity index (χ0) is 12.0. The third-order valence-electron chi connectivity index (χ3n) is 4.65. The van der Waals surface area contributed by atoms with E-state index in [1.54, 1.807) is 0 Å². The van der Waals surface area contributed by atoms with Crippen molar-refractivity contribution in [2.75, 3.05) is 0 Å². The summed E-state index contributed by atoms with van der Waals surface area (Å²) in [7, 11) is 0. The van der Waals surface area contributed by atoms with Gasteiger partial charge in [0.2, 0.25) is 0 Å². The molecule has 4 fully saturated rings. The molecular weight excluding hydrogens is 226 g/mol. The Balaban J connectivity index is 1.73. The van der Waals surface area contributed by atoms with E-state index in [2.05, 4.69) is 9.88 Å². The molecule has 0 aromatic carbocycles. The second kappa shape index (κ2) is 3.58. The van der Waals surface area contributed by atoms with E-state index >= 15 is 0 Å². The Morgan fingerprint density at radius 2 is 1.59 bits per heavy atom. The normalized spacial score (nSPS) is 42.2. The van der Waals surface area contributed by atoms with Crippen LogP contribution in [0.15, 0.2) is 0 Å². The summed E-state index contributed by atoms with van der Waals surface area (Å²) >= 11 is 0. The van der Waals surface area contributed by atoms with Crippen molar-refractivity contribution in [1.82, 2.24) is 0 Å². The summed E-state index contributed by atoms with van der Waals surface area (Å²) in [6.07, 6.45) is 6.09. The third-order valence-corrected chi connectivity index (χ3v) is 4.65. The highest BCUT2D eigenvalue weighted by Gasteiger charge is 2.56. The minimum atomic E-state index is -1.08. The molecule has 0 spiro atoms. The van der Waals surface area contributed by atoms with Crippen LogP contribution in [0.2, 0.25) is 0 Å². The van der Waals surface area contributed by atoms with Gasteiger partial charge in [0, 0.05) is 0 Å². The molecule has 4 bridgehead atoms. The summed E-state index contributed by atoms with van der Waals surface area (Å²) in [5, 5.41) is 8.95. The molecule has 94 valence electrons. The average molecular weight is 241 g/mol. The lowest BCUT2D eigenvalue weighted by molar-refractivity contribution is -0.840. The fraction of sp³-hybridized carbons (Fsp3) is 0.909. The Hall–Kier alpha value is -1.33. The van der Waals surface area contributed by atoms with Crippen LogP contribution in [-0.2, 0) is 14.7 Å². The maximum absolute atomic E-state index is 11.9. The maximum Gasteiger partial charge on any atom is 0.349 e. The molecule has 0 aliphatic heterocycles. The molecule has 0 aromatic rings. The minimum absolute atomic E-state index is 0.495. The van der Waals surface area contributed by atoms with Gasteiger partial charge >= 0.3 is 11.1 Å². The predicted molar refractivity (Wildman–Crippen MR) is 54.8 cm³/mol. The van der Waals surface area contributed by atoms with Gasteiger partial charge in [0.25, 0.3) is 0 Å². The van der Waals surface area contributed by atoms with Crippen LogP contribution in [0.25, 0.3) is 0 Å². The molecule has 4 saturated carbocycles. The van der Waals surface area contributed by atoms with Gasteiger partial charge < -0.3 is 0 Å². The molecule has 0 heterocycles. The quantitative estimate of drug-likeness (QED) is 0.428. The highest BCUT2D eigenvalue weighted by Crippen LogP contribution is 2.60. The summed E-state index contributed by atoms with van der Waals surface area (Å²) in [6, 6.07) is 0. The molecule has 4 aliphatic rings. The predicted octanol–water partition coefficient (Wildman–Crippen LogP) is 1.87. The monoisotopic (exact) mass is 241 g/mol. The number of hydrogen-bond donors (Lipinski definition) is 0. The molecule has 0 aromatic heterocycles. The molecule has 4 rings (SSSR count). The van der Waals surface area contributed by atoms with Crippen molar-refractivity contribution in [3.05, 3.63) is 10.1 Å². The van der Waals surface area contributed by atoms with Crippen molar-refractivity contribution in [3.63, 3.8) is 0 Å². The van der Waals surface area contributed by atoms with Crippen LogP contribution in [0.3, 0.4) is 0 Å². The highest BCUT2D eigenvalue weighted by molar-refractivity contribution is 5.77. The molecule has 0 saturated heterocycles. The highest BCUT2D eigenvalue weighted by atomic mass is 17.3. The van der Waals surface area contributed by atoms with Crippen molar-refractivity contribution in [2.45, 2.75) is 38.5 Å². The van der Waals surface area contributed by atoms with Gasteiger partial charge in [-0.2, -0.15) is 0 Å². The van der Waals surface area contributed by atoms with Crippen molar-refractivity contribution >= 4 is 5.97 Å². The summed E-state index contributed by atoms with van der Waals surface area (Å²) in [5.74, 6) is 1.27. The molecule has 17 heavy (non-hydrogen) atoms. The Labute approximate surface area is 98.3 Å². The Morgan fingerprint density at radius 1 is 1.12 bits per heavy atom. The third kappa shape index (κ3) is 1.75. The van der Waals surface area contributed by atoms with Crippen molar-refractivity contribution < 1.29 is 19.8 Å². The Morgan fingerprint density at radius 3 is 2.00 bits per heavy atom. The van der Waals surface area contributed by atoms with Crippen LogP contribution in [0.4, 0.5) is 0 Å². The van der Waals surface area contributed by atoms with E-state index in [1.165, 1.54) is 19.3 Å². The molecule has 0 unspecified atom stereocenters. The number of rotatable bonds is 3. The first-order valence-electron chi connectivity index (χ1n) is 6.11. The van der Waals surface area contributed by atoms with Gasteiger partial charge in [0.15, 0.2) is 0 Å². The first-order chi connectivity index (χ1) is 8.07. The zero-order valence-corrected chi connectivity index (χ0v) is 9.46. The van der Waals surface area contributed by atoms with E-state index in [0.29, 0.717) is 17.8 Å². The van der Waals surface area contributed by atoms with E-state index in [1.807, 2.05) is 0 Å². The number of carbonyl (C=O) groups is 1. The SMILES string of the molecule is O=C(OO[N+](=O)[O-])C12CC3CC(CC(C3)C1)C2. The van der Waals surface area contributed by atoms with E-state index in [4.69, 9.17) is 0 Å². The van der Waals surface area contributed by atoms with Gasteiger partial charge in [-0.15, -0.1) is 10.1 Å². The van der Waals surface area contributed by atoms with Crippen molar-refractivity contribution in [1.29, 1.82) is 0 Å². The first-order valence-corrected chi connectivity index (χ1v) is 6.11. The minimum Gasteiger partial charge on any atom is -0.260 e. The molecule has 0 N–H and O–H groups in total. The second-order valence-corrected chi connectivity index (χ2v) is 5.87. The molecule has 0 atom stereocenters. The number of nitrogens with zero attached hydrogens (tertiary/aromatic N) is 1. The van der Waals surface area contributed by atoms with Gasteiger partial charge in [-0.05, 0) is 56.3 Å². The molecule has 0 radical (unpaired) electrons. The van der Waals surface area contributed by atoms with Gasteiger partial charge in [0.1, 0.15) is 0 Å². The number of hydrogen-bond acceptors (Lipinski definition) is 5. The van der Waals surface area contributed by atoms with Crippen LogP contribution in [0.5, 0.6) is 0 Å². The van der Waals surface area contributed by atoms with Crippen LogP contribution in [-0.4, -0.2) is 11.1 Å². The lowest BCUT2D eigenvalue weighted by Gasteiger charge is -2.54. The maximum atomic E-state index is 11.9. The van der Waals surface area contributed by atoms with Crippen LogP contribution < -0.4 is 0 Å². The van der Waals surface area contributed by atoms with Crippen LogP contribution >= 0.6 is 0 Å². The first kappa shape index (κ1) is 10.8. The summed E-state index contributed by atoms with van der Waals surface area (Å²) < 4.78 is 0. The fourth-order valence-corrected chi connectivity index (χ4v) is 4.51. The average Bonchev–Trinajstić information content (AvgIpc) is 2.23.